The second-order valence-electron chi connectivity index (χ2n) is 6.56. The molecule has 9 nitrogen and oxygen atoms in total. The number of aliphatic hydroxyl groups is 1. The lowest BCUT2D eigenvalue weighted by Crippen LogP contribution is -2.26. The van der Waals surface area contributed by atoms with Gasteiger partial charge in [-0.1, -0.05) is 12.1 Å². The van der Waals surface area contributed by atoms with Crippen molar-refractivity contribution in [2.75, 3.05) is 25.9 Å². The molecule has 30 heavy (non-hydrogen) atoms. The Morgan fingerprint density at radius 2 is 1.50 bits per heavy atom. The quantitative estimate of drug-likeness (QED) is 0.276. The summed E-state index contributed by atoms with van der Waals surface area (Å²) in [6.45, 7) is 1.20. The van der Waals surface area contributed by atoms with Crippen LogP contribution in [0.4, 0.5) is 5.69 Å². The summed E-state index contributed by atoms with van der Waals surface area (Å²) in [5.74, 6) is -2.63. The number of carbonyl (C=O) groups is 2. The van der Waals surface area contributed by atoms with Crippen LogP contribution in [0.3, 0.4) is 0 Å². The molecule has 0 aliphatic carbocycles. The number of aliphatic hydroxyl groups excluding tert-OH is 1. The van der Waals surface area contributed by atoms with Crippen molar-refractivity contribution >= 4 is 17.6 Å². The van der Waals surface area contributed by atoms with Crippen LogP contribution in [0.15, 0.2) is 54.6 Å². The largest absolute Gasteiger partial charge is 0.508 e. The SMILES string of the molecule is CN(CCc1ccc(N)cc1)C[C@H](O)c1cc(O)cc(O)c1.O=C(O)/C=C/C(=O)O. The predicted octanol–water partition coefficient (Wildman–Crippen LogP) is 1.60. The molecular weight excluding hydrogens is 392 g/mol. The number of carboxylic acid groups (broad SMARTS) is 2. The van der Waals surface area contributed by atoms with Gasteiger partial charge in [-0.2, -0.15) is 0 Å². The van der Waals surface area contributed by atoms with E-state index >= 15 is 0 Å². The number of phenolic OH excluding ortho intramolecular Hbond substituents is 2. The zero-order valence-corrected chi connectivity index (χ0v) is 16.5. The lowest BCUT2D eigenvalue weighted by molar-refractivity contribution is -0.134. The Morgan fingerprint density at radius 3 is 1.97 bits per heavy atom. The van der Waals surface area contributed by atoms with Crippen molar-refractivity contribution < 1.29 is 35.1 Å². The van der Waals surface area contributed by atoms with Crippen molar-refractivity contribution in [3.63, 3.8) is 0 Å². The number of carboxylic acids is 2. The molecule has 0 saturated heterocycles. The second kappa shape index (κ2) is 12.1. The molecular formula is C21H26N2O7. The molecule has 2 aromatic rings. The van der Waals surface area contributed by atoms with E-state index in [9.17, 15) is 24.9 Å². The first-order valence-electron chi connectivity index (χ1n) is 8.94. The predicted molar refractivity (Wildman–Crippen MR) is 111 cm³/mol. The highest BCUT2D eigenvalue weighted by atomic mass is 16.4. The molecule has 0 bridgehead atoms. The standard InChI is InChI=1S/C17H22N2O3.C4H4O4/c1-19(7-6-12-2-4-14(18)5-3-12)11-17(22)13-8-15(20)10-16(21)9-13;5-3(6)1-2-4(7)8/h2-5,8-10,17,20-22H,6-7,11,18H2,1H3;1-2H,(H,5,6)(H,7,8)/b;2-1+/t17-;/m0./s1. The second-order valence-corrected chi connectivity index (χ2v) is 6.56. The maximum Gasteiger partial charge on any atom is 0.328 e. The fourth-order valence-electron chi connectivity index (χ4n) is 2.45. The van der Waals surface area contributed by atoms with Gasteiger partial charge in [0.15, 0.2) is 0 Å². The number of hydrogen-bond acceptors (Lipinski definition) is 7. The highest BCUT2D eigenvalue weighted by molar-refractivity contribution is 5.89. The molecule has 0 aliphatic rings. The van der Waals surface area contributed by atoms with Crippen molar-refractivity contribution in [3.05, 3.63) is 65.7 Å². The number of hydrogen-bond donors (Lipinski definition) is 6. The van der Waals surface area contributed by atoms with E-state index in [1.165, 1.54) is 23.8 Å². The summed E-state index contributed by atoms with van der Waals surface area (Å²) >= 11 is 0. The van der Waals surface area contributed by atoms with Gasteiger partial charge >= 0.3 is 11.9 Å². The van der Waals surface area contributed by atoms with Crippen LogP contribution in [0.5, 0.6) is 11.5 Å². The van der Waals surface area contributed by atoms with Crippen LogP contribution in [0.25, 0.3) is 0 Å². The van der Waals surface area contributed by atoms with E-state index in [-0.39, 0.29) is 11.5 Å². The number of nitrogen functional groups attached to an aromatic ring is 1. The summed E-state index contributed by atoms with van der Waals surface area (Å²) in [5.41, 5.74) is 8.08. The molecule has 0 spiro atoms. The van der Waals surface area contributed by atoms with Crippen LogP contribution in [-0.4, -0.2) is 62.5 Å². The van der Waals surface area contributed by atoms with Gasteiger partial charge in [0, 0.05) is 37.0 Å². The monoisotopic (exact) mass is 418 g/mol. The van der Waals surface area contributed by atoms with Crippen LogP contribution in [-0.2, 0) is 16.0 Å². The number of nitrogens with two attached hydrogens (primary N) is 1. The number of anilines is 1. The van der Waals surface area contributed by atoms with Crippen LogP contribution in [0.1, 0.15) is 17.2 Å². The van der Waals surface area contributed by atoms with E-state index in [1.807, 2.05) is 36.2 Å². The summed E-state index contributed by atoms with van der Waals surface area (Å²) in [5, 5.41) is 44.7. The molecule has 162 valence electrons. The van der Waals surface area contributed by atoms with Gasteiger partial charge in [-0.3, -0.25) is 0 Å². The number of likely N-dealkylation sites (N-methyl/N-ethyl adjacent to an activating group) is 1. The zero-order valence-electron chi connectivity index (χ0n) is 16.5. The van der Waals surface area contributed by atoms with E-state index < -0.39 is 18.0 Å². The molecule has 0 unspecified atom stereocenters. The topological polar surface area (TPSA) is 165 Å². The average molecular weight is 418 g/mol. The Bertz CT molecular complexity index is 830. The van der Waals surface area contributed by atoms with Crippen LogP contribution in [0.2, 0.25) is 0 Å². The molecule has 0 heterocycles. The van der Waals surface area contributed by atoms with E-state index in [4.69, 9.17) is 15.9 Å². The Labute approximate surface area is 173 Å². The van der Waals surface area contributed by atoms with Gasteiger partial charge in [-0.05, 0) is 48.9 Å². The number of benzene rings is 2. The lowest BCUT2D eigenvalue weighted by Gasteiger charge is -2.21. The molecule has 1 atom stereocenters. The molecule has 2 aromatic carbocycles. The first kappa shape index (κ1) is 24.5. The van der Waals surface area contributed by atoms with Crippen molar-refractivity contribution in [3.8, 4) is 11.5 Å². The van der Waals surface area contributed by atoms with Gasteiger partial charge in [0.1, 0.15) is 11.5 Å². The number of nitrogens with zero attached hydrogens (tertiary/aromatic N) is 1. The maximum atomic E-state index is 10.2. The fourth-order valence-corrected chi connectivity index (χ4v) is 2.45. The molecule has 0 aromatic heterocycles. The Morgan fingerprint density at radius 1 is 1.00 bits per heavy atom. The molecule has 0 amide bonds. The highest BCUT2D eigenvalue weighted by Gasteiger charge is 2.12. The van der Waals surface area contributed by atoms with Gasteiger partial charge in [-0.15, -0.1) is 0 Å². The molecule has 2 rings (SSSR count). The minimum atomic E-state index is -1.26. The van der Waals surface area contributed by atoms with Crippen molar-refractivity contribution in [2.45, 2.75) is 12.5 Å². The molecule has 9 heteroatoms. The maximum absolute atomic E-state index is 10.2. The summed E-state index contributed by atoms with van der Waals surface area (Å²) in [7, 11) is 1.92. The first-order valence-corrected chi connectivity index (χ1v) is 8.94. The summed E-state index contributed by atoms with van der Waals surface area (Å²) in [6.07, 6.45) is 1.20. The number of aromatic hydroxyl groups is 2. The number of rotatable bonds is 8. The smallest absolute Gasteiger partial charge is 0.328 e. The molecule has 0 fully saturated rings. The fraction of sp³-hybridized carbons (Fsp3) is 0.238. The minimum Gasteiger partial charge on any atom is -0.508 e. The minimum absolute atomic E-state index is 0.0569. The molecule has 7 N–H and O–H groups in total. The third-order valence-electron chi connectivity index (χ3n) is 3.92. The Kier molecular flexibility index (Phi) is 9.87. The number of phenols is 2. The van der Waals surface area contributed by atoms with E-state index in [0.29, 0.717) is 24.3 Å². The van der Waals surface area contributed by atoms with Crippen molar-refractivity contribution in [1.29, 1.82) is 0 Å². The number of aliphatic carboxylic acids is 2. The van der Waals surface area contributed by atoms with E-state index in [0.717, 1.165) is 18.7 Å². The van der Waals surface area contributed by atoms with Gasteiger partial charge in [0.05, 0.1) is 6.10 Å². The van der Waals surface area contributed by atoms with Gasteiger partial charge < -0.3 is 36.2 Å². The van der Waals surface area contributed by atoms with Crippen LogP contribution < -0.4 is 5.73 Å². The van der Waals surface area contributed by atoms with Crippen LogP contribution >= 0.6 is 0 Å². The van der Waals surface area contributed by atoms with Crippen molar-refractivity contribution in [1.82, 2.24) is 4.90 Å². The summed E-state index contributed by atoms with van der Waals surface area (Å²) in [6, 6.07) is 11.9. The Hall–Kier alpha value is -3.56. The van der Waals surface area contributed by atoms with Gasteiger partial charge in [0.2, 0.25) is 0 Å². The van der Waals surface area contributed by atoms with Gasteiger partial charge in [-0.25, -0.2) is 9.59 Å². The average Bonchev–Trinajstić information content (AvgIpc) is 2.65. The Balaban J connectivity index is 0.000000479. The highest BCUT2D eigenvalue weighted by Crippen LogP contribution is 2.25. The van der Waals surface area contributed by atoms with Crippen molar-refractivity contribution in [2.24, 2.45) is 0 Å². The third-order valence-corrected chi connectivity index (χ3v) is 3.92. The summed E-state index contributed by atoms with van der Waals surface area (Å²) in [4.78, 5) is 21.1. The molecule has 0 radical (unpaired) electrons. The first-order chi connectivity index (χ1) is 14.1. The van der Waals surface area contributed by atoms with E-state index in [1.54, 1.807) is 0 Å². The zero-order chi connectivity index (χ0) is 22.7. The third kappa shape index (κ3) is 10.1. The van der Waals surface area contributed by atoms with E-state index in [2.05, 4.69) is 0 Å². The van der Waals surface area contributed by atoms with Crippen LogP contribution in [0, 0.1) is 0 Å². The summed E-state index contributed by atoms with van der Waals surface area (Å²) < 4.78 is 0. The molecule has 0 saturated carbocycles. The normalized spacial score (nSPS) is 11.7. The molecule has 0 aliphatic heterocycles. The van der Waals surface area contributed by atoms with Gasteiger partial charge in [0.25, 0.3) is 0 Å². The lowest BCUT2D eigenvalue weighted by atomic mass is 10.1.